The van der Waals surface area contributed by atoms with Crippen LogP contribution in [0.5, 0.6) is 0 Å². The van der Waals surface area contributed by atoms with Gasteiger partial charge in [-0.25, -0.2) is 0 Å². The van der Waals surface area contributed by atoms with Crippen LogP contribution in [-0.2, 0) is 19.1 Å². The normalized spacial score (nSPS) is 17.4. The number of carbonyl (C=O) groups excluding carboxylic acids is 2. The van der Waals surface area contributed by atoms with Crippen molar-refractivity contribution >= 4 is 11.9 Å². The van der Waals surface area contributed by atoms with Gasteiger partial charge in [0.05, 0.1) is 0 Å². The Morgan fingerprint density at radius 3 is 1.20 bits per heavy atom. The van der Waals surface area contributed by atoms with Crippen LogP contribution in [-0.4, -0.2) is 49.2 Å². The molecule has 0 aliphatic carbocycles. The number of esters is 2. The van der Waals surface area contributed by atoms with Gasteiger partial charge >= 0.3 is 11.9 Å². The SMILES string of the molecule is CCCCC/C=C\C/C=C\CCCCCCCC(=O)OC1CN(C)C[C@H]1OC(=O)CCCCCCC/C=C\C/C=C\CCCCC. The molecule has 1 aliphatic heterocycles. The van der Waals surface area contributed by atoms with Gasteiger partial charge in [-0.3, -0.25) is 14.5 Å². The molecule has 1 saturated heterocycles. The minimum Gasteiger partial charge on any atom is -0.457 e. The fourth-order valence-corrected chi connectivity index (χ4v) is 5.77. The van der Waals surface area contributed by atoms with E-state index in [0.717, 1.165) is 64.2 Å². The second kappa shape index (κ2) is 31.5. The molecule has 1 unspecified atom stereocenters. The third-order valence-electron chi connectivity index (χ3n) is 8.63. The number of carbonyl (C=O) groups is 2. The first-order chi connectivity index (χ1) is 22.6. The van der Waals surface area contributed by atoms with Crippen LogP contribution in [0.4, 0.5) is 0 Å². The minimum absolute atomic E-state index is 0.166. The number of unbranched alkanes of at least 4 members (excludes halogenated alkanes) is 16. The highest BCUT2D eigenvalue weighted by Gasteiger charge is 2.36. The van der Waals surface area contributed by atoms with Gasteiger partial charge in [-0.1, -0.05) is 127 Å². The maximum atomic E-state index is 12.5. The Labute approximate surface area is 284 Å². The smallest absolute Gasteiger partial charge is 0.306 e. The fraction of sp³-hybridized carbons (Fsp3) is 0.756. The Hall–Kier alpha value is -2.14. The molecule has 2 atom stereocenters. The first kappa shape index (κ1) is 41.9. The fourth-order valence-electron chi connectivity index (χ4n) is 5.77. The number of likely N-dealkylation sites (tertiary alicyclic amines) is 1. The van der Waals surface area contributed by atoms with Gasteiger partial charge in [0.25, 0.3) is 0 Å². The lowest BCUT2D eigenvalue weighted by Crippen LogP contribution is -2.33. The van der Waals surface area contributed by atoms with E-state index in [4.69, 9.17) is 9.47 Å². The first-order valence-corrected chi connectivity index (χ1v) is 19.2. The van der Waals surface area contributed by atoms with Crippen molar-refractivity contribution in [2.75, 3.05) is 20.1 Å². The molecule has 0 aromatic carbocycles. The minimum atomic E-state index is -0.357. The van der Waals surface area contributed by atoms with Crippen molar-refractivity contribution in [3.05, 3.63) is 48.6 Å². The van der Waals surface area contributed by atoms with Crippen molar-refractivity contribution in [2.24, 2.45) is 0 Å². The molecular formula is C41H71NO4. The number of ether oxygens (including phenoxy) is 2. The quantitative estimate of drug-likeness (QED) is 0.0444. The molecular weight excluding hydrogens is 570 g/mol. The van der Waals surface area contributed by atoms with Gasteiger partial charge in [-0.05, 0) is 84.1 Å². The van der Waals surface area contributed by atoms with Gasteiger partial charge in [0.2, 0.25) is 0 Å². The molecule has 1 heterocycles. The third-order valence-corrected chi connectivity index (χ3v) is 8.63. The van der Waals surface area contributed by atoms with E-state index in [0.29, 0.717) is 25.9 Å². The number of rotatable bonds is 30. The summed E-state index contributed by atoms with van der Waals surface area (Å²) in [6, 6.07) is 0. The van der Waals surface area contributed by atoms with E-state index in [1.807, 2.05) is 7.05 Å². The Morgan fingerprint density at radius 1 is 0.500 bits per heavy atom. The summed E-state index contributed by atoms with van der Waals surface area (Å²) in [6.45, 7) is 5.73. The third kappa shape index (κ3) is 26.0. The second-order valence-corrected chi connectivity index (χ2v) is 13.2. The standard InChI is InChI=1S/C41H71NO4/c1-4-6-8-10-12-14-16-18-20-22-24-26-28-30-32-34-40(43)45-38-36-42(3)37-39(38)46-41(44)35-33-31-29-27-25-23-21-19-17-15-13-11-9-7-5-2/h12-15,18-21,38-39H,4-11,16-17,22-37H2,1-3H3/b14-12-,15-13-,20-18-,21-19-/t38-,39?/m1/s1. The highest BCUT2D eigenvalue weighted by atomic mass is 16.6. The lowest BCUT2D eigenvalue weighted by molar-refractivity contribution is -0.164. The van der Waals surface area contributed by atoms with Crippen LogP contribution in [0, 0.1) is 0 Å². The predicted octanol–water partition coefficient (Wildman–Crippen LogP) is 11.4. The largest absolute Gasteiger partial charge is 0.457 e. The molecule has 0 amide bonds. The van der Waals surface area contributed by atoms with E-state index in [1.165, 1.54) is 77.0 Å². The monoisotopic (exact) mass is 642 g/mol. The number of likely N-dealkylation sites (N-methyl/N-ethyl adjacent to an activating group) is 1. The van der Waals surface area contributed by atoms with Crippen LogP contribution in [0.3, 0.4) is 0 Å². The van der Waals surface area contributed by atoms with E-state index in [2.05, 4.69) is 67.4 Å². The zero-order valence-electron chi connectivity index (χ0n) is 30.2. The van der Waals surface area contributed by atoms with Crippen LogP contribution in [0.25, 0.3) is 0 Å². The van der Waals surface area contributed by atoms with Gasteiger partial charge in [0.15, 0.2) is 12.2 Å². The lowest BCUT2D eigenvalue weighted by atomic mass is 10.1. The van der Waals surface area contributed by atoms with Gasteiger partial charge in [0.1, 0.15) is 0 Å². The van der Waals surface area contributed by atoms with E-state index in [1.54, 1.807) is 0 Å². The highest BCUT2D eigenvalue weighted by molar-refractivity contribution is 5.70. The molecule has 1 rings (SSSR count). The van der Waals surface area contributed by atoms with Gasteiger partial charge < -0.3 is 9.47 Å². The predicted molar refractivity (Wildman–Crippen MR) is 196 cm³/mol. The van der Waals surface area contributed by atoms with Crippen molar-refractivity contribution in [1.82, 2.24) is 4.90 Å². The van der Waals surface area contributed by atoms with Gasteiger partial charge in [-0.2, -0.15) is 0 Å². The topological polar surface area (TPSA) is 55.8 Å². The first-order valence-electron chi connectivity index (χ1n) is 19.2. The molecule has 1 fully saturated rings. The molecule has 5 heteroatoms. The molecule has 1 aliphatic rings. The molecule has 5 nitrogen and oxygen atoms in total. The Balaban J connectivity index is 2.04. The van der Waals surface area contributed by atoms with Crippen molar-refractivity contribution < 1.29 is 19.1 Å². The molecule has 0 N–H and O–H groups in total. The summed E-state index contributed by atoms with van der Waals surface area (Å²) >= 11 is 0. The molecule has 0 saturated carbocycles. The summed E-state index contributed by atoms with van der Waals surface area (Å²) in [5, 5.41) is 0. The molecule has 264 valence electrons. The average Bonchev–Trinajstić information content (AvgIpc) is 3.38. The number of allylic oxidation sites excluding steroid dienone is 8. The Morgan fingerprint density at radius 2 is 0.826 bits per heavy atom. The van der Waals surface area contributed by atoms with E-state index in [-0.39, 0.29) is 24.1 Å². The zero-order valence-corrected chi connectivity index (χ0v) is 30.2. The maximum Gasteiger partial charge on any atom is 0.306 e. The summed E-state index contributed by atoms with van der Waals surface area (Å²) in [5.41, 5.74) is 0. The summed E-state index contributed by atoms with van der Waals surface area (Å²) in [7, 11) is 1.98. The van der Waals surface area contributed by atoms with Crippen LogP contribution >= 0.6 is 0 Å². The van der Waals surface area contributed by atoms with Crippen molar-refractivity contribution in [1.29, 1.82) is 0 Å². The maximum absolute atomic E-state index is 12.5. The molecule has 46 heavy (non-hydrogen) atoms. The highest BCUT2D eigenvalue weighted by Crippen LogP contribution is 2.19. The van der Waals surface area contributed by atoms with Gasteiger partial charge in [-0.15, -0.1) is 0 Å². The Bertz CT molecular complexity index is 777. The van der Waals surface area contributed by atoms with Crippen LogP contribution in [0.1, 0.15) is 168 Å². The lowest BCUT2D eigenvalue weighted by Gasteiger charge is -2.19. The van der Waals surface area contributed by atoms with Gasteiger partial charge in [0, 0.05) is 25.9 Å². The van der Waals surface area contributed by atoms with E-state index >= 15 is 0 Å². The number of hydrogen-bond acceptors (Lipinski definition) is 5. The van der Waals surface area contributed by atoms with Crippen LogP contribution < -0.4 is 0 Å². The summed E-state index contributed by atoms with van der Waals surface area (Å²) < 4.78 is 11.5. The zero-order chi connectivity index (χ0) is 33.3. The summed E-state index contributed by atoms with van der Waals surface area (Å²) in [4.78, 5) is 27.1. The van der Waals surface area contributed by atoms with E-state index < -0.39 is 0 Å². The molecule has 0 radical (unpaired) electrons. The summed E-state index contributed by atoms with van der Waals surface area (Å²) in [5.74, 6) is -0.332. The van der Waals surface area contributed by atoms with E-state index in [9.17, 15) is 9.59 Å². The second-order valence-electron chi connectivity index (χ2n) is 13.2. The van der Waals surface area contributed by atoms with Crippen molar-refractivity contribution in [3.63, 3.8) is 0 Å². The van der Waals surface area contributed by atoms with Crippen molar-refractivity contribution in [2.45, 2.75) is 180 Å². The molecule has 0 bridgehead atoms. The number of nitrogens with zero attached hydrogens (tertiary/aromatic N) is 1. The Kier molecular flexibility index (Phi) is 28.6. The summed E-state index contributed by atoms with van der Waals surface area (Å²) in [6.07, 6.45) is 44.0. The molecule has 0 aromatic rings. The average molecular weight is 642 g/mol. The molecule has 0 spiro atoms. The van der Waals surface area contributed by atoms with Crippen LogP contribution in [0.2, 0.25) is 0 Å². The number of hydrogen-bond donors (Lipinski definition) is 0. The van der Waals surface area contributed by atoms with Crippen LogP contribution in [0.15, 0.2) is 48.6 Å². The molecule has 0 aromatic heterocycles. The van der Waals surface area contributed by atoms with Crippen molar-refractivity contribution in [3.8, 4) is 0 Å².